The van der Waals surface area contributed by atoms with Crippen molar-refractivity contribution in [1.82, 2.24) is 0 Å². The molecule has 0 aliphatic carbocycles. The molecule has 0 N–H and O–H groups in total. The van der Waals surface area contributed by atoms with E-state index in [0.717, 1.165) is 18.4 Å². The molecule has 0 radical (unpaired) electrons. The van der Waals surface area contributed by atoms with Crippen molar-refractivity contribution >= 4 is 11.9 Å². The normalized spacial score (nSPS) is 10.1. The Hall–Kier alpha value is -1.32. The summed E-state index contributed by atoms with van der Waals surface area (Å²) in [5.41, 5.74) is 1.12. The number of rotatable bonds is 13. The smallest absolute Gasteiger partial charge is 0.306 e. The van der Waals surface area contributed by atoms with Crippen molar-refractivity contribution in [3.05, 3.63) is 11.6 Å². The van der Waals surface area contributed by atoms with E-state index in [0.29, 0.717) is 19.6 Å². The first-order valence-corrected chi connectivity index (χ1v) is 8.50. The zero-order valence-electron chi connectivity index (χ0n) is 14.5. The molecule has 0 saturated carbocycles. The van der Waals surface area contributed by atoms with Crippen LogP contribution in [0.2, 0.25) is 0 Å². The van der Waals surface area contributed by atoms with Gasteiger partial charge in [0.05, 0.1) is 6.61 Å². The largest absolute Gasteiger partial charge is 0.466 e. The maximum absolute atomic E-state index is 11.5. The highest BCUT2D eigenvalue weighted by Crippen LogP contribution is 2.06. The van der Waals surface area contributed by atoms with Crippen LogP contribution in [0.25, 0.3) is 0 Å². The van der Waals surface area contributed by atoms with Crippen LogP contribution in [0, 0.1) is 0 Å². The average molecular weight is 312 g/mol. The van der Waals surface area contributed by atoms with Crippen molar-refractivity contribution in [1.29, 1.82) is 0 Å². The van der Waals surface area contributed by atoms with Gasteiger partial charge in [-0.15, -0.1) is 0 Å². The van der Waals surface area contributed by atoms with Gasteiger partial charge in [-0.2, -0.15) is 0 Å². The fourth-order valence-electron chi connectivity index (χ4n) is 1.89. The van der Waals surface area contributed by atoms with Crippen LogP contribution in [-0.2, 0) is 19.1 Å². The third-order valence-corrected chi connectivity index (χ3v) is 3.26. The standard InChI is InChI=1S/C18H32O4/c1-4-5-6-7-8-9-14-21-17(19)11-10-12-18(20)22-15-13-16(2)3/h13H,4-12,14-15H2,1-3H3. The number of unbranched alkanes of at least 4 members (excludes halogenated alkanes) is 5. The lowest BCUT2D eigenvalue weighted by atomic mass is 10.1. The van der Waals surface area contributed by atoms with Crippen LogP contribution in [-0.4, -0.2) is 25.2 Å². The summed E-state index contributed by atoms with van der Waals surface area (Å²) in [5.74, 6) is -0.480. The van der Waals surface area contributed by atoms with Crippen molar-refractivity contribution < 1.29 is 19.1 Å². The second-order valence-electron chi connectivity index (χ2n) is 5.81. The molecule has 4 heteroatoms. The summed E-state index contributed by atoms with van der Waals surface area (Å²) in [4.78, 5) is 22.9. The Morgan fingerprint density at radius 2 is 1.41 bits per heavy atom. The molecule has 0 aromatic carbocycles. The van der Waals surface area contributed by atoms with E-state index in [1.165, 1.54) is 25.7 Å². The van der Waals surface area contributed by atoms with Gasteiger partial charge >= 0.3 is 11.9 Å². The molecule has 0 aliphatic heterocycles. The SMILES string of the molecule is CCCCCCCCOC(=O)CCCC(=O)OCC=C(C)C. The molecule has 0 unspecified atom stereocenters. The Balaban J connectivity index is 3.42. The van der Waals surface area contributed by atoms with Gasteiger partial charge in [-0.3, -0.25) is 9.59 Å². The van der Waals surface area contributed by atoms with Gasteiger partial charge in [-0.1, -0.05) is 44.6 Å². The van der Waals surface area contributed by atoms with Crippen molar-refractivity contribution in [2.45, 2.75) is 78.6 Å². The molecule has 0 heterocycles. The molecule has 0 saturated heterocycles. The molecule has 0 rings (SSSR count). The molecule has 22 heavy (non-hydrogen) atoms. The lowest BCUT2D eigenvalue weighted by molar-refractivity contribution is -0.145. The molecule has 4 nitrogen and oxygen atoms in total. The number of carbonyl (C=O) groups is 2. The third-order valence-electron chi connectivity index (χ3n) is 3.26. The molecule has 0 fully saturated rings. The van der Waals surface area contributed by atoms with Crippen molar-refractivity contribution in [3.63, 3.8) is 0 Å². The molecule has 0 spiro atoms. The van der Waals surface area contributed by atoms with Crippen LogP contribution in [0.15, 0.2) is 11.6 Å². The lowest BCUT2D eigenvalue weighted by Crippen LogP contribution is -2.09. The molecule has 0 aromatic rings. The fourth-order valence-corrected chi connectivity index (χ4v) is 1.89. The van der Waals surface area contributed by atoms with Gasteiger partial charge in [0, 0.05) is 12.8 Å². The Morgan fingerprint density at radius 3 is 2.05 bits per heavy atom. The van der Waals surface area contributed by atoms with Crippen LogP contribution in [0.5, 0.6) is 0 Å². The summed E-state index contributed by atoms with van der Waals surface area (Å²) in [6, 6.07) is 0. The maximum atomic E-state index is 11.5. The molecule has 0 amide bonds. The van der Waals surface area contributed by atoms with E-state index < -0.39 is 0 Å². The number of ether oxygens (including phenoxy) is 2. The number of esters is 2. The molecular weight excluding hydrogens is 280 g/mol. The second-order valence-corrected chi connectivity index (χ2v) is 5.81. The fraction of sp³-hybridized carbons (Fsp3) is 0.778. The highest BCUT2D eigenvalue weighted by molar-refractivity contribution is 5.72. The van der Waals surface area contributed by atoms with Crippen LogP contribution < -0.4 is 0 Å². The van der Waals surface area contributed by atoms with Gasteiger partial charge < -0.3 is 9.47 Å². The van der Waals surface area contributed by atoms with E-state index in [4.69, 9.17) is 9.47 Å². The summed E-state index contributed by atoms with van der Waals surface area (Å²) in [7, 11) is 0. The minimum Gasteiger partial charge on any atom is -0.466 e. The summed E-state index contributed by atoms with van der Waals surface area (Å²) < 4.78 is 10.2. The number of hydrogen-bond acceptors (Lipinski definition) is 4. The zero-order valence-corrected chi connectivity index (χ0v) is 14.5. The topological polar surface area (TPSA) is 52.6 Å². The van der Waals surface area contributed by atoms with Gasteiger partial charge in [0.15, 0.2) is 0 Å². The molecule has 0 aromatic heterocycles. The number of carbonyl (C=O) groups excluding carboxylic acids is 2. The predicted molar refractivity (Wildman–Crippen MR) is 88.6 cm³/mol. The lowest BCUT2D eigenvalue weighted by Gasteiger charge is -2.05. The molecule has 0 aliphatic rings. The molecular formula is C18H32O4. The van der Waals surface area contributed by atoms with E-state index in [1.54, 1.807) is 0 Å². The maximum Gasteiger partial charge on any atom is 0.306 e. The minimum absolute atomic E-state index is 0.217. The van der Waals surface area contributed by atoms with Crippen molar-refractivity contribution in [2.24, 2.45) is 0 Å². The van der Waals surface area contributed by atoms with E-state index in [9.17, 15) is 9.59 Å². The van der Waals surface area contributed by atoms with Crippen molar-refractivity contribution in [3.8, 4) is 0 Å². The monoisotopic (exact) mass is 312 g/mol. The Labute approximate surface area is 135 Å². The predicted octanol–water partition coefficient (Wildman–Crippen LogP) is 4.57. The Bertz CT molecular complexity index is 330. The molecule has 128 valence electrons. The first-order chi connectivity index (χ1) is 10.6. The number of allylic oxidation sites excluding steroid dienone is 1. The summed E-state index contributed by atoms with van der Waals surface area (Å²) in [6.07, 6.45) is 9.94. The molecule has 0 atom stereocenters. The van der Waals surface area contributed by atoms with Gasteiger partial charge in [-0.05, 0) is 32.8 Å². The Morgan fingerprint density at radius 1 is 0.818 bits per heavy atom. The first-order valence-electron chi connectivity index (χ1n) is 8.50. The average Bonchev–Trinajstić information content (AvgIpc) is 2.46. The first kappa shape index (κ1) is 20.7. The van der Waals surface area contributed by atoms with E-state index >= 15 is 0 Å². The van der Waals surface area contributed by atoms with Gasteiger partial charge in [0.2, 0.25) is 0 Å². The Kier molecular flexibility index (Phi) is 13.7. The quantitative estimate of drug-likeness (QED) is 0.284. The van der Waals surface area contributed by atoms with Gasteiger partial charge in [0.1, 0.15) is 6.61 Å². The van der Waals surface area contributed by atoms with Crippen molar-refractivity contribution in [2.75, 3.05) is 13.2 Å². The van der Waals surface area contributed by atoms with E-state index in [-0.39, 0.29) is 24.8 Å². The van der Waals surface area contributed by atoms with Gasteiger partial charge in [-0.25, -0.2) is 0 Å². The van der Waals surface area contributed by atoms with E-state index in [2.05, 4.69) is 6.92 Å². The minimum atomic E-state index is -0.263. The number of hydrogen-bond donors (Lipinski definition) is 0. The van der Waals surface area contributed by atoms with Crippen LogP contribution >= 0.6 is 0 Å². The van der Waals surface area contributed by atoms with E-state index in [1.807, 2.05) is 19.9 Å². The summed E-state index contributed by atoms with van der Waals surface area (Å²) >= 11 is 0. The highest BCUT2D eigenvalue weighted by Gasteiger charge is 2.06. The zero-order chi connectivity index (χ0) is 16.6. The molecule has 0 bridgehead atoms. The summed E-state index contributed by atoms with van der Waals surface area (Å²) in [6.45, 7) is 6.90. The summed E-state index contributed by atoms with van der Waals surface area (Å²) in [5, 5.41) is 0. The van der Waals surface area contributed by atoms with Gasteiger partial charge in [0.25, 0.3) is 0 Å². The van der Waals surface area contributed by atoms with Crippen LogP contribution in [0.1, 0.15) is 78.6 Å². The highest BCUT2D eigenvalue weighted by atomic mass is 16.5. The van der Waals surface area contributed by atoms with Crippen LogP contribution in [0.4, 0.5) is 0 Å². The second kappa shape index (κ2) is 14.6. The third kappa shape index (κ3) is 15.1. The van der Waals surface area contributed by atoms with Crippen LogP contribution in [0.3, 0.4) is 0 Å².